The molecule has 0 aliphatic carbocycles. The monoisotopic (exact) mass is 326 g/mol. The second kappa shape index (κ2) is 5.16. The normalized spacial score (nSPS) is 11.4. The van der Waals surface area contributed by atoms with E-state index in [9.17, 15) is 8.42 Å². The average molecular weight is 327 g/mol. The first-order valence-electron chi connectivity index (χ1n) is 5.23. The van der Waals surface area contributed by atoms with Crippen molar-refractivity contribution in [3.63, 3.8) is 0 Å². The van der Waals surface area contributed by atoms with Gasteiger partial charge in [-0.1, -0.05) is 29.8 Å². The predicted octanol–water partition coefficient (Wildman–Crippen LogP) is 2.52. The highest BCUT2D eigenvalue weighted by molar-refractivity contribution is 9.10. The summed E-state index contributed by atoms with van der Waals surface area (Å²) in [4.78, 5) is 7.65. The van der Waals surface area contributed by atoms with Gasteiger partial charge in [0.05, 0.1) is 10.2 Å². The molecule has 0 spiro atoms. The number of halogens is 1. The molecule has 6 heteroatoms. The van der Waals surface area contributed by atoms with E-state index in [4.69, 9.17) is 0 Å². The van der Waals surface area contributed by atoms with Crippen LogP contribution in [0.25, 0.3) is 0 Å². The maximum atomic E-state index is 12.1. The van der Waals surface area contributed by atoms with Crippen molar-refractivity contribution in [2.24, 2.45) is 0 Å². The first-order chi connectivity index (χ1) is 8.47. The van der Waals surface area contributed by atoms with Gasteiger partial charge in [-0.15, -0.1) is 0 Å². The zero-order chi connectivity index (χ0) is 13.2. The summed E-state index contributed by atoms with van der Waals surface area (Å²) in [6.07, 6.45) is 2.85. The Hall–Kier alpha value is -1.27. The molecule has 0 fully saturated rings. The standard InChI is InChI=1S/C12H11BrN2O2S/c1-9-3-2-4-10(5-9)8-18(16,17)12-14-6-11(13)7-15-12/h2-7H,8H2,1H3. The van der Waals surface area contributed by atoms with Crippen molar-refractivity contribution in [3.05, 3.63) is 52.3 Å². The average Bonchev–Trinajstić information content (AvgIpc) is 2.29. The van der Waals surface area contributed by atoms with E-state index in [-0.39, 0.29) is 10.9 Å². The smallest absolute Gasteiger partial charge is 0.226 e. The van der Waals surface area contributed by atoms with Gasteiger partial charge in [0.1, 0.15) is 0 Å². The third-order valence-corrected chi connectivity index (χ3v) is 4.20. The van der Waals surface area contributed by atoms with Gasteiger partial charge < -0.3 is 0 Å². The molecule has 0 saturated heterocycles. The molecule has 1 heterocycles. The molecule has 0 unspecified atom stereocenters. The topological polar surface area (TPSA) is 59.9 Å². The molecule has 94 valence electrons. The van der Waals surface area contributed by atoms with Gasteiger partial charge in [0.25, 0.3) is 0 Å². The highest BCUT2D eigenvalue weighted by Gasteiger charge is 2.18. The molecule has 0 aliphatic rings. The fourth-order valence-corrected chi connectivity index (χ4v) is 2.93. The van der Waals surface area contributed by atoms with Crippen LogP contribution in [0.15, 0.2) is 46.3 Å². The number of aromatic nitrogens is 2. The van der Waals surface area contributed by atoms with Gasteiger partial charge in [-0.05, 0) is 28.4 Å². The van der Waals surface area contributed by atoms with Gasteiger partial charge in [0.2, 0.25) is 15.0 Å². The maximum absolute atomic E-state index is 12.1. The van der Waals surface area contributed by atoms with Crippen molar-refractivity contribution in [1.29, 1.82) is 0 Å². The SMILES string of the molecule is Cc1cccc(CS(=O)(=O)c2ncc(Br)cn2)c1. The molecule has 0 radical (unpaired) electrons. The molecule has 0 bridgehead atoms. The van der Waals surface area contributed by atoms with Crippen molar-refractivity contribution < 1.29 is 8.42 Å². The third-order valence-electron chi connectivity index (χ3n) is 2.31. The number of rotatable bonds is 3. The lowest BCUT2D eigenvalue weighted by Gasteiger charge is -2.04. The molecule has 2 aromatic rings. The summed E-state index contributed by atoms with van der Waals surface area (Å²) in [5, 5.41) is -0.146. The lowest BCUT2D eigenvalue weighted by atomic mass is 10.2. The largest absolute Gasteiger partial charge is 0.247 e. The highest BCUT2D eigenvalue weighted by Crippen LogP contribution is 2.15. The van der Waals surface area contributed by atoms with Gasteiger partial charge in [0.15, 0.2) is 0 Å². The van der Waals surface area contributed by atoms with E-state index in [1.807, 2.05) is 25.1 Å². The molecular weight excluding hydrogens is 316 g/mol. The first-order valence-corrected chi connectivity index (χ1v) is 7.68. The lowest BCUT2D eigenvalue weighted by Crippen LogP contribution is -2.09. The van der Waals surface area contributed by atoms with Crippen LogP contribution in [0.2, 0.25) is 0 Å². The third kappa shape index (κ3) is 3.14. The Balaban J connectivity index is 2.30. The zero-order valence-electron chi connectivity index (χ0n) is 9.67. The molecule has 18 heavy (non-hydrogen) atoms. The molecule has 4 nitrogen and oxygen atoms in total. The minimum absolute atomic E-state index is 0.0870. The predicted molar refractivity (Wildman–Crippen MR) is 71.8 cm³/mol. The number of nitrogens with zero attached hydrogens (tertiary/aromatic N) is 2. The summed E-state index contributed by atoms with van der Waals surface area (Å²) in [7, 11) is -3.49. The Morgan fingerprint density at radius 1 is 1.22 bits per heavy atom. The van der Waals surface area contributed by atoms with Crippen molar-refractivity contribution in [2.75, 3.05) is 0 Å². The molecule has 1 aromatic heterocycles. The summed E-state index contributed by atoms with van der Waals surface area (Å²) in [6, 6.07) is 7.38. The van der Waals surface area contributed by atoms with E-state index in [2.05, 4.69) is 25.9 Å². The minimum atomic E-state index is -3.49. The van der Waals surface area contributed by atoms with Crippen LogP contribution in [-0.2, 0) is 15.6 Å². The molecule has 0 amide bonds. The summed E-state index contributed by atoms with van der Waals surface area (Å²) in [5.41, 5.74) is 1.76. The van der Waals surface area contributed by atoms with Crippen molar-refractivity contribution in [1.82, 2.24) is 9.97 Å². The van der Waals surface area contributed by atoms with Crippen LogP contribution in [-0.4, -0.2) is 18.4 Å². The Kier molecular flexibility index (Phi) is 3.77. The van der Waals surface area contributed by atoms with Crippen LogP contribution in [0.1, 0.15) is 11.1 Å². The second-order valence-electron chi connectivity index (χ2n) is 3.93. The van der Waals surface area contributed by atoms with Gasteiger partial charge in [-0.25, -0.2) is 18.4 Å². The van der Waals surface area contributed by atoms with Gasteiger partial charge >= 0.3 is 0 Å². The van der Waals surface area contributed by atoms with Gasteiger partial charge in [0, 0.05) is 12.4 Å². The van der Waals surface area contributed by atoms with E-state index in [1.165, 1.54) is 12.4 Å². The van der Waals surface area contributed by atoms with Crippen molar-refractivity contribution in [2.45, 2.75) is 17.8 Å². The fraction of sp³-hybridized carbons (Fsp3) is 0.167. The number of hydrogen-bond acceptors (Lipinski definition) is 4. The minimum Gasteiger partial charge on any atom is -0.226 e. The second-order valence-corrected chi connectivity index (χ2v) is 6.73. The summed E-state index contributed by atoms with van der Waals surface area (Å²) in [6.45, 7) is 1.92. The van der Waals surface area contributed by atoms with Crippen LogP contribution in [0, 0.1) is 6.92 Å². The highest BCUT2D eigenvalue weighted by atomic mass is 79.9. The number of benzene rings is 1. The van der Waals surface area contributed by atoms with E-state index in [0.29, 0.717) is 4.47 Å². The molecule has 2 rings (SSSR count). The number of aryl methyl sites for hydroxylation is 1. The Morgan fingerprint density at radius 3 is 2.50 bits per heavy atom. The summed E-state index contributed by atoms with van der Waals surface area (Å²) >= 11 is 3.17. The molecular formula is C12H11BrN2O2S. The van der Waals surface area contributed by atoms with Crippen LogP contribution >= 0.6 is 15.9 Å². The van der Waals surface area contributed by atoms with Crippen molar-refractivity contribution >= 4 is 25.8 Å². The Morgan fingerprint density at radius 2 is 1.89 bits per heavy atom. The molecule has 1 aromatic carbocycles. The first kappa shape index (κ1) is 13.2. The Bertz CT molecular complexity index is 654. The van der Waals surface area contributed by atoms with E-state index in [0.717, 1.165) is 11.1 Å². The van der Waals surface area contributed by atoms with Crippen LogP contribution in [0.5, 0.6) is 0 Å². The number of hydrogen-bond donors (Lipinski definition) is 0. The summed E-state index contributed by atoms with van der Waals surface area (Å²) < 4.78 is 24.8. The molecule has 0 saturated carbocycles. The van der Waals surface area contributed by atoms with E-state index in [1.54, 1.807) is 6.07 Å². The van der Waals surface area contributed by atoms with E-state index >= 15 is 0 Å². The van der Waals surface area contributed by atoms with Gasteiger partial charge in [-0.2, -0.15) is 0 Å². The zero-order valence-corrected chi connectivity index (χ0v) is 12.1. The van der Waals surface area contributed by atoms with Gasteiger partial charge in [-0.3, -0.25) is 0 Å². The summed E-state index contributed by atoms with van der Waals surface area (Å²) in [5.74, 6) is -0.0870. The quantitative estimate of drug-likeness (QED) is 0.813. The fourth-order valence-electron chi connectivity index (χ4n) is 1.55. The van der Waals surface area contributed by atoms with E-state index < -0.39 is 9.84 Å². The van der Waals surface area contributed by atoms with Crippen LogP contribution < -0.4 is 0 Å². The molecule has 0 N–H and O–H groups in total. The number of sulfone groups is 1. The maximum Gasteiger partial charge on any atom is 0.247 e. The lowest BCUT2D eigenvalue weighted by molar-refractivity contribution is 0.586. The van der Waals surface area contributed by atoms with Crippen molar-refractivity contribution in [3.8, 4) is 0 Å². The van der Waals surface area contributed by atoms with Crippen LogP contribution in [0.3, 0.4) is 0 Å². The molecule has 0 aliphatic heterocycles. The Labute approximate surface area is 114 Å². The van der Waals surface area contributed by atoms with Crippen LogP contribution in [0.4, 0.5) is 0 Å². The molecule has 0 atom stereocenters.